The van der Waals surface area contributed by atoms with Crippen LogP contribution in [-0.4, -0.2) is 24.4 Å². The average Bonchev–Trinajstić information content (AvgIpc) is 2.95. The fourth-order valence-electron chi connectivity index (χ4n) is 2.65. The Labute approximate surface area is 139 Å². The van der Waals surface area contributed by atoms with Crippen LogP contribution in [0.1, 0.15) is 12.0 Å². The maximum atomic E-state index is 13.0. The number of nitrogens with one attached hydrogen (secondary N) is 1. The van der Waals surface area contributed by atoms with Crippen LogP contribution in [-0.2, 0) is 9.59 Å². The standard InChI is InChI=1S/C19H17FN2O2/c20-15-7-9-16(10-8-15)22-13-12-17(19(22)24)21-18(23)11-6-14-4-2-1-3-5-14/h1-11,17H,12-13H2,(H,21,23). The van der Waals surface area contributed by atoms with E-state index in [4.69, 9.17) is 0 Å². The minimum absolute atomic E-state index is 0.178. The SMILES string of the molecule is O=C(C=Cc1ccccc1)NC1CCN(c2ccc(F)cc2)C1=O. The monoisotopic (exact) mass is 324 g/mol. The second-order valence-electron chi connectivity index (χ2n) is 5.56. The van der Waals surface area contributed by atoms with Crippen molar-refractivity contribution in [2.45, 2.75) is 12.5 Å². The molecule has 2 aromatic rings. The number of hydrogen-bond acceptors (Lipinski definition) is 2. The summed E-state index contributed by atoms with van der Waals surface area (Å²) in [6.45, 7) is 0.498. The lowest BCUT2D eigenvalue weighted by atomic mass is 10.2. The number of halogens is 1. The third-order valence-corrected chi connectivity index (χ3v) is 3.89. The van der Waals surface area contributed by atoms with Gasteiger partial charge in [0.25, 0.3) is 0 Å². The van der Waals surface area contributed by atoms with Crippen LogP contribution < -0.4 is 10.2 Å². The predicted octanol–water partition coefficient (Wildman–Crippen LogP) is 2.76. The molecule has 2 amide bonds. The molecule has 24 heavy (non-hydrogen) atoms. The van der Waals surface area contributed by atoms with Gasteiger partial charge in [0.15, 0.2) is 0 Å². The van der Waals surface area contributed by atoms with Crippen molar-refractivity contribution in [1.82, 2.24) is 5.32 Å². The predicted molar refractivity (Wildman–Crippen MR) is 90.8 cm³/mol. The Kier molecular flexibility index (Phi) is 4.70. The molecule has 1 saturated heterocycles. The topological polar surface area (TPSA) is 49.4 Å². The number of carbonyl (C=O) groups excluding carboxylic acids is 2. The van der Waals surface area contributed by atoms with E-state index in [0.717, 1.165) is 5.56 Å². The number of nitrogens with zero attached hydrogens (tertiary/aromatic N) is 1. The van der Waals surface area contributed by atoms with E-state index in [9.17, 15) is 14.0 Å². The second-order valence-corrected chi connectivity index (χ2v) is 5.56. The van der Waals surface area contributed by atoms with Crippen LogP contribution in [0.4, 0.5) is 10.1 Å². The van der Waals surface area contributed by atoms with E-state index in [1.165, 1.54) is 18.2 Å². The quantitative estimate of drug-likeness (QED) is 0.879. The highest BCUT2D eigenvalue weighted by atomic mass is 19.1. The molecule has 1 N–H and O–H groups in total. The zero-order valence-electron chi connectivity index (χ0n) is 13.0. The Hall–Kier alpha value is -2.95. The number of amides is 2. The first-order valence-electron chi connectivity index (χ1n) is 7.74. The Morgan fingerprint density at radius 1 is 1.12 bits per heavy atom. The molecule has 0 bridgehead atoms. The zero-order chi connectivity index (χ0) is 16.9. The second kappa shape index (κ2) is 7.08. The molecule has 0 saturated carbocycles. The van der Waals surface area contributed by atoms with Gasteiger partial charge in [-0.1, -0.05) is 30.3 Å². The van der Waals surface area contributed by atoms with Gasteiger partial charge in [-0.3, -0.25) is 9.59 Å². The molecule has 1 atom stereocenters. The van der Waals surface area contributed by atoms with Gasteiger partial charge in [0.2, 0.25) is 11.8 Å². The van der Waals surface area contributed by atoms with Crippen molar-refractivity contribution in [1.29, 1.82) is 0 Å². The lowest BCUT2D eigenvalue weighted by molar-refractivity contribution is -0.123. The summed E-state index contributed by atoms with van der Waals surface area (Å²) in [5.74, 6) is -0.831. The molecule has 122 valence electrons. The lowest BCUT2D eigenvalue weighted by Crippen LogP contribution is -2.40. The van der Waals surface area contributed by atoms with Crippen molar-refractivity contribution >= 4 is 23.6 Å². The van der Waals surface area contributed by atoms with Gasteiger partial charge in [0, 0.05) is 18.3 Å². The molecule has 1 aliphatic heterocycles. The van der Waals surface area contributed by atoms with Crippen molar-refractivity contribution in [3.8, 4) is 0 Å². The smallest absolute Gasteiger partial charge is 0.249 e. The maximum absolute atomic E-state index is 13.0. The van der Waals surface area contributed by atoms with Crippen LogP contribution in [0, 0.1) is 5.82 Å². The first kappa shape index (κ1) is 15.9. The minimum atomic E-state index is -0.553. The van der Waals surface area contributed by atoms with Crippen molar-refractivity contribution in [2.75, 3.05) is 11.4 Å². The molecule has 2 aromatic carbocycles. The Morgan fingerprint density at radius 2 is 1.83 bits per heavy atom. The summed E-state index contributed by atoms with van der Waals surface area (Å²) in [6.07, 6.45) is 3.65. The zero-order valence-corrected chi connectivity index (χ0v) is 13.0. The highest BCUT2D eigenvalue weighted by Gasteiger charge is 2.33. The van der Waals surface area contributed by atoms with Crippen molar-refractivity contribution in [3.63, 3.8) is 0 Å². The molecule has 0 aromatic heterocycles. The third kappa shape index (κ3) is 3.68. The van der Waals surface area contributed by atoms with Crippen molar-refractivity contribution in [3.05, 3.63) is 72.1 Å². The minimum Gasteiger partial charge on any atom is -0.341 e. The fraction of sp³-hybridized carbons (Fsp3) is 0.158. The Bertz CT molecular complexity index is 757. The summed E-state index contributed by atoms with van der Waals surface area (Å²) in [7, 11) is 0. The highest BCUT2D eigenvalue weighted by molar-refractivity contribution is 6.03. The summed E-state index contributed by atoms with van der Waals surface area (Å²) in [5.41, 5.74) is 1.55. The molecule has 1 aliphatic rings. The van der Waals surface area contributed by atoms with Gasteiger partial charge in [-0.05, 0) is 42.3 Å². The number of anilines is 1. The summed E-state index contributed by atoms with van der Waals surface area (Å²) < 4.78 is 13.0. The van der Waals surface area contributed by atoms with E-state index in [2.05, 4.69) is 5.32 Å². The summed E-state index contributed by atoms with van der Waals surface area (Å²) >= 11 is 0. The molecule has 1 fully saturated rings. The van der Waals surface area contributed by atoms with Crippen LogP contribution in [0.15, 0.2) is 60.7 Å². The molecular formula is C19H17FN2O2. The van der Waals surface area contributed by atoms with Gasteiger partial charge in [-0.25, -0.2) is 4.39 Å². The van der Waals surface area contributed by atoms with E-state index in [-0.39, 0.29) is 17.6 Å². The van der Waals surface area contributed by atoms with Gasteiger partial charge >= 0.3 is 0 Å². The highest BCUT2D eigenvalue weighted by Crippen LogP contribution is 2.21. The van der Waals surface area contributed by atoms with Crippen LogP contribution in [0.3, 0.4) is 0 Å². The molecule has 5 heteroatoms. The molecule has 4 nitrogen and oxygen atoms in total. The lowest BCUT2D eigenvalue weighted by Gasteiger charge is -2.16. The van der Waals surface area contributed by atoms with Gasteiger partial charge in [-0.2, -0.15) is 0 Å². The molecule has 1 unspecified atom stereocenters. The third-order valence-electron chi connectivity index (χ3n) is 3.89. The van der Waals surface area contributed by atoms with E-state index in [1.54, 1.807) is 23.1 Å². The first-order chi connectivity index (χ1) is 11.6. The molecule has 1 heterocycles. The van der Waals surface area contributed by atoms with E-state index < -0.39 is 6.04 Å². The number of hydrogen-bond donors (Lipinski definition) is 1. The van der Waals surface area contributed by atoms with Crippen LogP contribution in [0.25, 0.3) is 6.08 Å². The van der Waals surface area contributed by atoms with Gasteiger partial charge < -0.3 is 10.2 Å². The van der Waals surface area contributed by atoms with E-state index in [1.807, 2.05) is 30.3 Å². The number of benzene rings is 2. The molecule has 0 spiro atoms. The normalized spacial score (nSPS) is 17.5. The van der Waals surface area contributed by atoms with Gasteiger partial charge in [0.05, 0.1) is 0 Å². The summed E-state index contributed by atoms with van der Waals surface area (Å²) in [4.78, 5) is 25.9. The van der Waals surface area contributed by atoms with Gasteiger partial charge in [-0.15, -0.1) is 0 Å². The fourth-order valence-corrected chi connectivity index (χ4v) is 2.65. The van der Waals surface area contributed by atoms with E-state index in [0.29, 0.717) is 18.7 Å². The Balaban J connectivity index is 1.60. The number of carbonyl (C=O) groups is 2. The maximum Gasteiger partial charge on any atom is 0.249 e. The first-order valence-corrected chi connectivity index (χ1v) is 7.74. The van der Waals surface area contributed by atoms with Crippen LogP contribution in [0.2, 0.25) is 0 Å². The molecule has 0 radical (unpaired) electrons. The van der Waals surface area contributed by atoms with Crippen LogP contribution in [0.5, 0.6) is 0 Å². The number of rotatable bonds is 4. The van der Waals surface area contributed by atoms with Gasteiger partial charge in [0.1, 0.15) is 11.9 Å². The van der Waals surface area contributed by atoms with E-state index >= 15 is 0 Å². The van der Waals surface area contributed by atoms with Crippen LogP contribution >= 0.6 is 0 Å². The average molecular weight is 324 g/mol. The summed E-state index contributed by atoms with van der Waals surface area (Å²) in [6, 6.07) is 14.7. The Morgan fingerprint density at radius 3 is 2.54 bits per heavy atom. The van der Waals surface area contributed by atoms with Crippen molar-refractivity contribution in [2.24, 2.45) is 0 Å². The molecule has 0 aliphatic carbocycles. The largest absolute Gasteiger partial charge is 0.341 e. The molecule has 3 rings (SSSR count). The molecular weight excluding hydrogens is 307 g/mol. The summed E-state index contributed by atoms with van der Waals surface area (Å²) in [5, 5.41) is 2.72. The van der Waals surface area contributed by atoms with Crippen molar-refractivity contribution < 1.29 is 14.0 Å².